The van der Waals surface area contributed by atoms with E-state index < -0.39 is 32.6 Å². The van der Waals surface area contributed by atoms with E-state index >= 15 is 0 Å². The molecule has 0 aliphatic carbocycles. The van der Waals surface area contributed by atoms with Gasteiger partial charge in [-0.1, -0.05) is 29.8 Å². The zero-order valence-corrected chi connectivity index (χ0v) is 16.4. The van der Waals surface area contributed by atoms with Crippen LogP contribution in [-0.4, -0.2) is 33.5 Å². The Morgan fingerprint density at radius 2 is 1.82 bits per heavy atom. The van der Waals surface area contributed by atoms with Gasteiger partial charge in [-0.2, -0.15) is 0 Å². The van der Waals surface area contributed by atoms with Gasteiger partial charge in [-0.25, -0.2) is 13.1 Å². The molecule has 28 heavy (non-hydrogen) atoms. The minimum Gasteiger partial charge on any atom is -0.490 e. The first-order valence-electron chi connectivity index (χ1n) is 8.16. The Morgan fingerprint density at radius 1 is 1.18 bits per heavy atom. The van der Waals surface area contributed by atoms with E-state index in [1.165, 1.54) is 26.4 Å². The monoisotopic (exact) mass is 408 g/mol. The van der Waals surface area contributed by atoms with Crippen LogP contribution in [0.4, 0.5) is 5.69 Å². The molecule has 0 radical (unpaired) electrons. The molecular weight excluding hydrogens is 388 g/mol. The predicted molar refractivity (Wildman–Crippen MR) is 101 cm³/mol. The van der Waals surface area contributed by atoms with Gasteiger partial charge in [0, 0.05) is 6.07 Å². The highest BCUT2D eigenvalue weighted by Gasteiger charge is 2.27. The van der Waals surface area contributed by atoms with Crippen LogP contribution in [0.15, 0.2) is 47.4 Å². The molecule has 0 aliphatic heterocycles. The smallest absolute Gasteiger partial charge is 0.312 e. The molecule has 1 unspecified atom stereocenters. The van der Waals surface area contributed by atoms with Crippen molar-refractivity contribution >= 4 is 21.7 Å². The molecule has 0 fully saturated rings. The molecule has 0 aliphatic rings. The predicted octanol–water partition coefficient (Wildman–Crippen LogP) is 2.49. The Bertz CT molecular complexity index is 972. The Kier molecular flexibility index (Phi) is 6.71. The average Bonchev–Trinajstić information content (AvgIpc) is 2.67. The molecule has 1 N–H and O–H groups in total. The molecule has 150 valence electrons. The number of carbonyl (C=O) groups excluding carboxylic acids is 1. The van der Waals surface area contributed by atoms with Gasteiger partial charge in [0.15, 0.2) is 5.75 Å². The second kappa shape index (κ2) is 8.81. The van der Waals surface area contributed by atoms with E-state index in [-0.39, 0.29) is 17.1 Å². The maximum Gasteiger partial charge on any atom is 0.312 e. The quantitative estimate of drug-likeness (QED) is 0.404. The normalized spacial score (nSPS) is 12.2. The molecule has 0 amide bonds. The lowest BCUT2D eigenvalue weighted by Crippen LogP contribution is -2.30. The highest BCUT2D eigenvalue weighted by atomic mass is 32.2. The van der Waals surface area contributed by atoms with Crippen LogP contribution in [0, 0.1) is 17.0 Å². The average molecular weight is 408 g/mol. The van der Waals surface area contributed by atoms with Crippen molar-refractivity contribution in [3.05, 3.63) is 63.7 Å². The molecule has 1 atom stereocenters. The standard InChI is InChI=1S/C18H20N2O7S/c1-12-4-6-13(7-5-12)15(11-18(21)27-3)19-28(24,25)14-8-9-17(26-2)16(10-14)20(22)23/h4-10,15,19H,11H2,1-3H3. The summed E-state index contributed by atoms with van der Waals surface area (Å²) in [4.78, 5) is 21.9. The molecule has 0 bridgehead atoms. The number of aryl methyl sites for hydroxylation is 1. The van der Waals surface area contributed by atoms with E-state index in [1.807, 2.05) is 6.92 Å². The lowest BCUT2D eigenvalue weighted by molar-refractivity contribution is -0.386. The van der Waals surface area contributed by atoms with Crippen molar-refractivity contribution < 1.29 is 27.6 Å². The zero-order valence-electron chi connectivity index (χ0n) is 15.5. The lowest BCUT2D eigenvalue weighted by Gasteiger charge is -2.18. The number of nitro benzene ring substituents is 1. The number of rotatable bonds is 8. The van der Waals surface area contributed by atoms with Crippen LogP contribution in [0.25, 0.3) is 0 Å². The molecule has 0 heterocycles. The van der Waals surface area contributed by atoms with Crippen LogP contribution in [0.2, 0.25) is 0 Å². The molecule has 2 rings (SSSR count). The number of nitrogens with zero attached hydrogens (tertiary/aromatic N) is 1. The largest absolute Gasteiger partial charge is 0.490 e. The minimum absolute atomic E-state index is 0.0615. The third-order valence-electron chi connectivity index (χ3n) is 4.03. The van der Waals surface area contributed by atoms with Crippen molar-refractivity contribution in [2.24, 2.45) is 0 Å². The first kappa shape index (κ1) is 21.3. The topological polar surface area (TPSA) is 125 Å². The summed E-state index contributed by atoms with van der Waals surface area (Å²) in [6.07, 6.45) is -0.239. The Labute approximate surface area is 162 Å². The van der Waals surface area contributed by atoms with Gasteiger partial charge >= 0.3 is 11.7 Å². The van der Waals surface area contributed by atoms with Gasteiger partial charge in [-0.3, -0.25) is 14.9 Å². The van der Waals surface area contributed by atoms with Crippen LogP contribution in [0.5, 0.6) is 5.75 Å². The number of sulfonamides is 1. The summed E-state index contributed by atoms with van der Waals surface area (Å²) < 4.78 is 37.6. The number of benzene rings is 2. The van der Waals surface area contributed by atoms with Crippen molar-refractivity contribution in [1.29, 1.82) is 0 Å². The number of carbonyl (C=O) groups is 1. The fourth-order valence-corrected chi connectivity index (χ4v) is 3.76. The molecule has 2 aromatic rings. The summed E-state index contributed by atoms with van der Waals surface area (Å²) in [5.41, 5.74) is 1.04. The molecular formula is C18H20N2O7S. The summed E-state index contributed by atoms with van der Waals surface area (Å²) >= 11 is 0. The van der Waals surface area contributed by atoms with Gasteiger partial charge in [0.1, 0.15) is 0 Å². The van der Waals surface area contributed by atoms with E-state index in [2.05, 4.69) is 9.46 Å². The van der Waals surface area contributed by atoms with Gasteiger partial charge in [0.2, 0.25) is 10.0 Å². The summed E-state index contributed by atoms with van der Waals surface area (Å²) in [6, 6.07) is 9.36. The second-order valence-corrected chi connectivity index (χ2v) is 7.67. The van der Waals surface area contributed by atoms with Crippen molar-refractivity contribution in [3.8, 4) is 5.75 Å². The number of methoxy groups -OCH3 is 2. The van der Waals surface area contributed by atoms with Crippen molar-refractivity contribution in [2.45, 2.75) is 24.3 Å². The van der Waals surface area contributed by atoms with Gasteiger partial charge < -0.3 is 9.47 Å². The maximum atomic E-state index is 12.8. The van der Waals surface area contributed by atoms with E-state index in [1.54, 1.807) is 24.3 Å². The number of nitro groups is 1. The molecule has 2 aromatic carbocycles. The summed E-state index contributed by atoms with van der Waals surface area (Å²) in [5, 5.41) is 11.2. The van der Waals surface area contributed by atoms with Gasteiger partial charge in [0.25, 0.3) is 0 Å². The molecule has 0 aromatic heterocycles. The fourth-order valence-electron chi connectivity index (χ4n) is 2.51. The SMILES string of the molecule is COC(=O)CC(NS(=O)(=O)c1ccc(OC)c([N+](=O)[O-])c1)c1ccc(C)cc1. The third kappa shape index (κ3) is 5.05. The highest BCUT2D eigenvalue weighted by Crippen LogP contribution is 2.30. The van der Waals surface area contributed by atoms with Gasteiger partial charge in [-0.05, 0) is 24.6 Å². The van der Waals surface area contributed by atoms with E-state index in [0.29, 0.717) is 5.56 Å². The number of esters is 1. The Balaban J connectivity index is 2.41. The van der Waals surface area contributed by atoms with Crippen molar-refractivity contribution in [2.75, 3.05) is 14.2 Å². The number of hydrogen-bond donors (Lipinski definition) is 1. The number of nitrogens with one attached hydrogen (secondary N) is 1. The molecule has 0 saturated carbocycles. The van der Waals surface area contributed by atoms with Crippen molar-refractivity contribution in [1.82, 2.24) is 4.72 Å². The van der Waals surface area contributed by atoms with Crippen LogP contribution in [0.3, 0.4) is 0 Å². The Hall–Kier alpha value is -2.98. The third-order valence-corrected chi connectivity index (χ3v) is 5.50. The van der Waals surface area contributed by atoms with Crippen LogP contribution >= 0.6 is 0 Å². The van der Waals surface area contributed by atoms with E-state index in [4.69, 9.17) is 4.74 Å². The zero-order chi connectivity index (χ0) is 20.9. The van der Waals surface area contributed by atoms with Crippen LogP contribution in [0.1, 0.15) is 23.6 Å². The number of ether oxygens (including phenoxy) is 2. The van der Waals surface area contributed by atoms with Crippen LogP contribution in [-0.2, 0) is 19.6 Å². The van der Waals surface area contributed by atoms with Crippen LogP contribution < -0.4 is 9.46 Å². The first-order chi connectivity index (χ1) is 13.2. The lowest BCUT2D eigenvalue weighted by atomic mass is 10.0. The van der Waals surface area contributed by atoms with E-state index in [0.717, 1.165) is 11.6 Å². The van der Waals surface area contributed by atoms with Gasteiger partial charge in [-0.15, -0.1) is 0 Å². The van der Waals surface area contributed by atoms with E-state index in [9.17, 15) is 23.3 Å². The second-order valence-electron chi connectivity index (χ2n) is 5.96. The molecule has 0 saturated heterocycles. The first-order valence-corrected chi connectivity index (χ1v) is 9.64. The molecule has 10 heteroatoms. The molecule has 0 spiro atoms. The van der Waals surface area contributed by atoms with Crippen molar-refractivity contribution in [3.63, 3.8) is 0 Å². The minimum atomic E-state index is -4.17. The number of hydrogen-bond acceptors (Lipinski definition) is 7. The highest BCUT2D eigenvalue weighted by molar-refractivity contribution is 7.89. The summed E-state index contributed by atoms with van der Waals surface area (Å²) in [6.45, 7) is 1.87. The summed E-state index contributed by atoms with van der Waals surface area (Å²) in [5.74, 6) is -0.664. The summed E-state index contributed by atoms with van der Waals surface area (Å²) in [7, 11) is -1.72. The Morgan fingerprint density at radius 3 is 2.36 bits per heavy atom. The van der Waals surface area contributed by atoms with Gasteiger partial charge in [0.05, 0.1) is 36.5 Å². The molecule has 9 nitrogen and oxygen atoms in total. The fraction of sp³-hybridized carbons (Fsp3) is 0.278. The maximum absolute atomic E-state index is 12.8.